The van der Waals surface area contributed by atoms with E-state index in [1.807, 2.05) is 55.5 Å². The van der Waals surface area contributed by atoms with Gasteiger partial charge in [0.2, 0.25) is 0 Å². The second-order valence-electron chi connectivity index (χ2n) is 7.62. The molecule has 5 nitrogen and oxygen atoms in total. The summed E-state index contributed by atoms with van der Waals surface area (Å²) in [6, 6.07) is 14.7. The summed E-state index contributed by atoms with van der Waals surface area (Å²) in [5.74, 6) is 0.0407. The Balaban J connectivity index is 1.83. The van der Waals surface area contributed by atoms with Crippen molar-refractivity contribution in [3.8, 4) is 0 Å². The highest BCUT2D eigenvalue weighted by Crippen LogP contribution is 2.31. The van der Waals surface area contributed by atoms with Crippen LogP contribution >= 0.6 is 0 Å². The minimum atomic E-state index is -1.13. The fourth-order valence-electron chi connectivity index (χ4n) is 3.49. The number of nitrogens with one attached hydrogen (secondary N) is 1. The zero-order valence-corrected chi connectivity index (χ0v) is 16.2. The summed E-state index contributed by atoms with van der Waals surface area (Å²) in [5.41, 5.74) is 2.42. The van der Waals surface area contributed by atoms with Crippen LogP contribution in [-0.4, -0.2) is 28.5 Å². The molecule has 2 unspecified atom stereocenters. The van der Waals surface area contributed by atoms with Gasteiger partial charge in [0.25, 0.3) is 5.91 Å². The van der Waals surface area contributed by atoms with Crippen LogP contribution in [-0.2, 0) is 10.3 Å². The molecule has 3 amide bonds. The van der Waals surface area contributed by atoms with E-state index >= 15 is 0 Å². The van der Waals surface area contributed by atoms with E-state index in [9.17, 15) is 14.7 Å². The molecule has 2 N–H and O–H groups in total. The molecular weight excluding hydrogens is 340 g/mol. The van der Waals surface area contributed by atoms with E-state index in [4.69, 9.17) is 0 Å². The van der Waals surface area contributed by atoms with E-state index in [-0.39, 0.29) is 12.5 Å². The lowest BCUT2D eigenvalue weighted by Gasteiger charge is -2.24. The molecule has 2 aromatic carbocycles. The molecule has 1 heterocycles. The van der Waals surface area contributed by atoms with Crippen molar-refractivity contribution in [3.63, 3.8) is 0 Å². The zero-order chi connectivity index (χ0) is 19.8. The third-order valence-electron chi connectivity index (χ3n) is 5.33. The summed E-state index contributed by atoms with van der Waals surface area (Å²) >= 11 is 0. The third kappa shape index (κ3) is 3.47. The van der Waals surface area contributed by atoms with Crippen LogP contribution in [0.25, 0.3) is 0 Å². The normalized spacial score (nSPS) is 20.9. The average molecular weight is 366 g/mol. The minimum absolute atomic E-state index is 0.0742. The molecule has 0 saturated carbocycles. The second-order valence-corrected chi connectivity index (χ2v) is 7.62. The van der Waals surface area contributed by atoms with Crippen molar-refractivity contribution < 1.29 is 14.7 Å². The van der Waals surface area contributed by atoms with Gasteiger partial charge in [0.05, 0.1) is 12.6 Å². The Morgan fingerprint density at radius 1 is 1.07 bits per heavy atom. The highest BCUT2D eigenvalue weighted by atomic mass is 16.3. The number of rotatable bonds is 5. The van der Waals surface area contributed by atoms with Crippen molar-refractivity contribution in [2.24, 2.45) is 0 Å². The van der Waals surface area contributed by atoms with Crippen molar-refractivity contribution in [2.75, 3.05) is 6.54 Å². The molecule has 0 spiro atoms. The van der Waals surface area contributed by atoms with Crippen LogP contribution in [0.2, 0.25) is 0 Å². The Morgan fingerprint density at radius 2 is 1.70 bits per heavy atom. The summed E-state index contributed by atoms with van der Waals surface area (Å²) in [6.45, 7) is 7.74. The summed E-state index contributed by atoms with van der Waals surface area (Å²) in [5, 5.41) is 13.4. The topological polar surface area (TPSA) is 69.6 Å². The Morgan fingerprint density at radius 3 is 2.30 bits per heavy atom. The Labute approximate surface area is 160 Å². The third-order valence-corrected chi connectivity index (χ3v) is 5.33. The number of carbonyl (C=O) groups excluding carboxylic acids is 2. The van der Waals surface area contributed by atoms with Gasteiger partial charge < -0.3 is 10.4 Å². The highest BCUT2D eigenvalue weighted by Gasteiger charge is 2.49. The number of urea groups is 1. The first kappa shape index (κ1) is 19.1. The van der Waals surface area contributed by atoms with Gasteiger partial charge in [-0.15, -0.1) is 0 Å². The van der Waals surface area contributed by atoms with Crippen LogP contribution in [0, 0.1) is 6.92 Å². The molecule has 5 heteroatoms. The predicted octanol–water partition coefficient (Wildman–Crippen LogP) is 3.62. The summed E-state index contributed by atoms with van der Waals surface area (Å²) in [4.78, 5) is 26.6. The van der Waals surface area contributed by atoms with Crippen molar-refractivity contribution >= 4 is 11.9 Å². The summed E-state index contributed by atoms with van der Waals surface area (Å²) < 4.78 is 0. The summed E-state index contributed by atoms with van der Waals surface area (Å²) in [6.07, 6.45) is -0.924. The van der Waals surface area contributed by atoms with Crippen molar-refractivity contribution in [1.29, 1.82) is 0 Å². The van der Waals surface area contributed by atoms with E-state index in [1.165, 1.54) is 5.56 Å². The number of hydrogen-bond donors (Lipinski definition) is 2. The van der Waals surface area contributed by atoms with Gasteiger partial charge in [0.15, 0.2) is 0 Å². The first-order valence-electron chi connectivity index (χ1n) is 9.22. The molecule has 2 atom stereocenters. The molecule has 3 rings (SSSR count). The Bertz CT molecular complexity index is 860. The number of amides is 3. The van der Waals surface area contributed by atoms with E-state index in [2.05, 4.69) is 19.2 Å². The van der Waals surface area contributed by atoms with Gasteiger partial charge in [0, 0.05) is 0 Å². The van der Waals surface area contributed by atoms with Crippen LogP contribution < -0.4 is 5.32 Å². The molecule has 0 radical (unpaired) electrons. The second kappa shape index (κ2) is 7.16. The standard InChI is InChI=1S/C22H26N2O3/c1-14(2)16-9-11-17(12-10-16)22(4)20(26)24(21(27)23-22)13-19(25)18-8-6-5-7-15(18)3/h5-12,14,19,25H,13H2,1-4H3,(H,23,27). The lowest BCUT2D eigenvalue weighted by atomic mass is 9.90. The maximum atomic E-state index is 13.0. The molecule has 27 heavy (non-hydrogen) atoms. The number of hydrogen-bond acceptors (Lipinski definition) is 3. The number of imide groups is 1. The van der Waals surface area contributed by atoms with Gasteiger partial charge in [0.1, 0.15) is 5.54 Å². The Hall–Kier alpha value is -2.66. The number of carbonyl (C=O) groups is 2. The van der Waals surface area contributed by atoms with Crippen LogP contribution in [0.4, 0.5) is 4.79 Å². The average Bonchev–Trinajstić information content (AvgIpc) is 2.86. The van der Waals surface area contributed by atoms with Crippen molar-refractivity contribution in [2.45, 2.75) is 45.3 Å². The SMILES string of the molecule is Cc1ccccc1C(O)CN1C(=O)NC(C)(c2ccc(C(C)C)cc2)C1=O. The highest BCUT2D eigenvalue weighted by molar-refractivity contribution is 6.07. The number of aliphatic hydroxyl groups excluding tert-OH is 1. The van der Waals surface area contributed by atoms with E-state index in [1.54, 1.807) is 6.92 Å². The van der Waals surface area contributed by atoms with Gasteiger partial charge in [-0.05, 0) is 42.0 Å². The molecule has 0 bridgehead atoms. The molecule has 1 aliphatic rings. The molecule has 1 fully saturated rings. The number of aliphatic hydroxyl groups is 1. The Kier molecular flexibility index (Phi) is 5.07. The fraction of sp³-hybridized carbons (Fsp3) is 0.364. The minimum Gasteiger partial charge on any atom is -0.387 e. The lowest BCUT2D eigenvalue weighted by molar-refractivity contribution is -0.132. The predicted molar refractivity (Wildman–Crippen MR) is 104 cm³/mol. The van der Waals surface area contributed by atoms with E-state index in [0.29, 0.717) is 11.5 Å². The molecular formula is C22H26N2O3. The van der Waals surface area contributed by atoms with Crippen LogP contribution in [0.5, 0.6) is 0 Å². The lowest BCUT2D eigenvalue weighted by Crippen LogP contribution is -2.41. The van der Waals surface area contributed by atoms with Crippen LogP contribution in [0.1, 0.15) is 55.0 Å². The molecule has 1 saturated heterocycles. The molecule has 142 valence electrons. The van der Waals surface area contributed by atoms with Crippen molar-refractivity contribution in [3.05, 3.63) is 70.8 Å². The van der Waals surface area contributed by atoms with E-state index < -0.39 is 17.7 Å². The molecule has 1 aliphatic heterocycles. The number of nitrogens with zero attached hydrogens (tertiary/aromatic N) is 1. The quantitative estimate of drug-likeness (QED) is 0.794. The largest absolute Gasteiger partial charge is 0.387 e. The van der Waals surface area contributed by atoms with Crippen LogP contribution in [0.15, 0.2) is 48.5 Å². The maximum Gasteiger partial charge on any atom is 0.325 e. The fourth-order valence-corrected chi connectivity index (χ4v) is 3.49. The molecule has 0 aromatic heterocycles. The summed E-state index contributed by atoms with van der Waals surface area (Å²) in [7, 11) is 0. The molecule has 2 aromatic rings. The van der Waals surface area contributed by atoms with Gasteiger partial charge in [-0.1, -0.05) is 62.4 Å². The molecule has 0 aliphatic carbocycles. The zero-order valence-electron chi connectivity index (χ0n) is 16.2. The number of β-amino-alcohol motifs (C(OH)–C–C–N with tert-alkyl or cyclic N) is 1. The van der Waals surface area contributed by atoms with Gasteiger partial charge in [-0.3, -0.25) is 9.69 Å². The first-order chi connectivity index (χ1) is 12.7. The van der Waals surface area contributed by atoms with Gasteiger partial charge in [-0.25, -0.2) is 4.79 Å². The number of benzene rings is 2. The van der Waals surface area contributed by atoms with Crippen LogP contribution in [0.3, 0.4) is 0 Å². The monoisotopic (exact) mass is 366 g/mol. The number of aryl methyl sites for hydroxylation is 1. The van der Waals surface area contributed by atoms with Gasteiger partial charge >= 0.3 is 6.03 Å². The van der Waals surface area contributed by atoms with E-state index in [0.717, 1.165) is 16.0 Å². The van der Waals surface area contributed by atoms with Gasteiger partial charge in [-0.2, -0.15) is 0 Å². The smallest absolute Gasteiger partial charge is 0.325 e. The maximum absolute atomic E-state index is 13.0. The van der Waals surface area contributed by atoms with Crippen molar-refractivity contribution in [1.82, 2.24) is 10.2 Å². The first-order valence-corrected chi connectivity index (χ1v) is 9.22.